The second kappa shape index (κ2) is 11.8. The molecule has 0 unspecified atom stereocenters. The van der Waals surface area contributed by atoms with Crippen LogP contribution in [0.2, 0.25) is 0 Å². The van der Waals surface area contributed by atoms with E-state index in [1.165, 1.54) is 6.07 Å². The van der Waals surface area contributed by atoms with Gasteiger partial charge in [-0.05, 0) is 67.4 Å². The third-order valence-electron chi connectivity index (χ3n) is 11.5. The number of rotatable bonds is 7. The second-order valence-corrected chi connectivity index (χ2v) is 14.7. The van der Waals surface area contributed by atoms with Crippen molar-refractivity contribution in [1.29, 1.82) is 0 Å². The minimum Gasteiger partial charge on any atom is -0.393 e. The molecule has 0 amide bonds. The van der Waals surface area contributed by atoms with Crippen LogP contribution in [0.3, 0.4) is 0 Å². The van der Waals surface area contributed by atoms with Crippen LogP contribution < -0.4 is 0 Å². The van der Waals surface area contributed by atoms with Crippen molar-refractivity contribution in [2.75, 3.05) is 6.61 Å². The first-order chi connectivity index (χ1) is 21.5. The Morgan fingerprint density at radius 3 is 2.65 bits per heavy atom. The van der Waals surface area contributed by atoms with E-state index >= 15 is 0 Å². The lowest BCUT2D eigenvalue weighted by Gasteiger charge is -2.59. The van der Waals surface area contributed by atoms with Gasteiger partial charge in [0.1, 0.15) is 6.61 Å². The second-order valence-electron chi connectivity index (χ2n) is 13.6. The van der Waals surface area contributed by atoms with E-state index in [1.54, 1.807) is 36.0 Å². The highest BCUT2D eigenvalue weighted by atomic mass is 32.2. The number of nitrogens with zero attached hydrogens (tertiary/aromatic N) is 1. The Kier molecular flexibility index (Phi) is 8.43. The third kappa shape index (κ3) is 4.83. The molecule has 5 aliphatic rings. The van der Waals surface area contributed by atoms with E-state index in [0.717, 1.165) is 34.4 Å². The Labute approximate surface area is 273 Å². The number of non-ortho nitro benzene ring substituents is 1. The van der Waals surface area contributed by atoms with Crippen LogP contribution in [-0.2, 0) is 24.8 Å². The maximum atomic E-state index is 13.7. The smallest absolute Gasteiger partial charge is 0.269 e. The van der Waals surface area contributed by atoms with E-state index in [1.807, 2.05) is 43.3 Å². The molecule has 9 nitrogen and oxygen atoms in total. The van der Waals surface area contributed by atoms with Gasteiger partial charge >= 0.3 is 0 Å². The summed E-state index contributed by atoms with van der Waals surface area (Å²) in [6, 6.07) is 14.3. The molecule has 4 aliphatic carbocycles. The van der Waals surface area contributed by atoms with Crippen molar-refractivity contribution in [1.82, 2.24) is 0 Å². The van der Waals surface area contributed by atoms with Crippen molar-refractivity contribution in [3.8, 4) is 0 Å². The number of Topliss-reactive ketones (excluding diaryl/α,β-unsaturated/α-hetero) is 1. The van der Waals surface area contributed by atoms with E-state index in [0.29, 0.717) is 18.6 Å². The summed E-state index contributed by atoms with van der Waals surface area (Å²) in [6.45, 7) is 3.46. The van der Waals surface area contributed by atoms with Crippen LogP contribution in [0, 0.1) is 38.7 Å². The number of aliphatic hydroxyl groups is 2. The van der Waals surface area contributed by atoms with Crippen molar-refractivity contribution in [2.45, 2.75) is 81.7 Å². The van der Waals surface area contributed by atoms with Crippen molar-refractivity contribution in [2.24, 2.45) is 28.6 Å². The van der Waals surface area contributed by atoms with E-state index in [-0.39, 0.29) is 36.7 Å². The Morgan fingerprint density at radius 1 is 1.17 bits per heavy atom. The van der Waals surface area contributed by atoms with Crippen LogP contribution in [0.4, 0.5) is 5.69 Å². The first kappa shape index (κ1) is 32.8. The lowest BCUT2D eigenvalue weighted by molar-refractivity contribution is -0.384. The summed E-state index contributed by atoms with van der Waals surface area (Å²) in [5.41, 5.74) is 0.154. The van der Waals surface area contributed by atoms with Crippen molar-refractivity contribution >= 4 is 29.0 Å². The highest BCUT2D eigenvalue weighted by Crippen LogP contribution is 2.70. The molecule has 9 atom stereocenters. The number of nitro groups is 1. The van der Waals surface area contributed by atoms with Crippen molar-refractivity contribution in [3.63, 3.8) is 0 Å². The quantitative estimate of drug-likeness (QED) is 0.207. The van der Waals surface area contributed by atoms with E-state index in [2.05, 4.69) is 6.92 Å². The molecule has 3 saturated carbocycles. The van der Waals surface area contributed by atoms with Gasteiger partial charge in [0.25, 0.3) is 5.69 Å². The fraction of sp³-hybridized carbons (Fsp3) is 0.500. The van der Waals surface area contributed by atoms with Gasteiger partial charge in [0.2, 0.25) is 0 Å². The monoisotopic (exact) mass is 647 g/mol. The summed E-state index contributed by atoms with van der Waals surface area (Å²) in [5.74, 6) is 0.176. The maximum Gasteiger partial charge on any atom is 0.269 e. The number of hydrogen-bond donors (Lipinski definition) is 2. The molecule has 46 heavy (non-hydrogen) atoms. The highest BCUT2D eigenvalue weighted by Gasteiger charge is 2.75. The molecule has 2 aromatic rings. The summed E-state index contributed by atoms with van der Waals surface area (Å²) in [6.07, 6.45) is 5.68. The van der Waals surface area contributed by atoms with Gasteiger partial charge < -0.3 is 19.7 Å². The first-order valence-electron chi connectivity index (χ1n) is 15.6. The standard InChI is InChI=1S/C35H37NO8S.CH4/c1-33-13-12-24(38)15-22(33)8-11-26-27-16-30-35(29(40)18-37,34(27,2)17-28(39)31(26)33)44-32(43-30)21-6-9-25(10-7-21)45-19-20-4-3-5-23(14-20)36(41)42;/h3-7,9-10,12-15,26-28,30-32,37,39H,8,11,16-19H2,1-2H3;1H4/t26-,27-,28-,30+,31+,32-,33-,34-,35+;/m0./s1. The molecule has 0 radical (unpaired) electrons. The number of ketones is 2. The van der Waals surface area contributed by atoms with Gasteiger partial charge in [-0.15, -0.1) is 11.8 Å². The molecule has 244 valence electrons. The molecule has 1 saturated heterocycles. The summed E-state index contributed by atoms with van der Waals surface area (Å²) in [4.78, 5) is 37.6. The van der Waals surface area contributed by atoms with Gasteiger partial charge in [0.15, 0.2) is 23.5 Å². The topological polar surface area (TPSA) is 136 Å². The largest absolute Gasteiger partial charge is 0.393 e. The Balaban J connectivity index is 0.00000372. The average Bonchev–Trinajstić information content (AvgIpc) is 3.53. The van der Waals surface area contributed by atoms with Crippen LogP contribution in [0.1, 0.15) is 64.4 Å². The number of fused-ring (bicyclic) bond motifs is 7. The predicted molar refractivity (Wildman–Crippen MR) is 173 cm³/mol. The SMILES string of the molecule is C.C[C@]12C=CC(=O)C=C1CC[C@@H]1[C@@H]2[C@@H](O)C[C@@]2(C)[C@H]1C[C@H]1O[C@H](c3ccc(SCc4cccc([N+](=O)[O-])c4)cc3)O[C@]12C(=O)CO. The fourth-order valence-corrected chi connectivity index (χ4v) is 10.3. The predicted octanol–water partition coefficient (Wildman–Crippen LogP) is 6.13. The summed E-state index contributed by atoms with van der Waals surface area (Å²) in [7, 11) is 0. The highest BCUT2D eigenvalue weighted by molar-refractivity contribution is 7.98. The molecule has 4 fully saturated rings. The van der Waals surface area contributed by atoms with E-state index in [4.69, 9.17) is 9.47 Å². The number of thioether (sulfide) groups is 1. The number of carbonyl (C=O) groups is 2. The van der Waals surface area contributed by atoms with Gasteiger partial charge in [-0.1, -0.05) is 57.2 Å². The summed E-state index contributed by atoms with van der Waals surface area (Å²) in [5, 5.41) is 33.1. The zero-order chi connectivity index (χ0) is 31.7. The number of hydrogen-bond acceptors (Lipinski definition) is 9. The molecule has 0 aromatic heterocycles. The van der Waals surface area contributed by atoms with Crippen LogP contribution in [0.25, 0.3) is 0 Å². The molecule has 1 aliphatic heterocycles. The molecule has 1 heterocycles. The van der Waals surface area contributed by atoms with Gasteiger partial charge in [-0.25, -0.2) is 0 Å². The van der Waals surface area contributed by atoms with Crippen molar-refractivity contribution in [3.05, 3.63) is 93.6 Å². The Bertz CT molecular complexity index is 1620. The van der Waals surface area contributed by atoms with Crippen LogP contribution in [0.15, 0.2) is 77.2 Å². The lowest BCUT2D eigenvalue weighted by Crippen LogP contribution is -2.63. The Morgan fingerprint density at radius 2 is 1.93 bits per heavy atom. The fourth-order valence-electron chi connectivity index (χ4n) is 9.48. The van der Waals surface area contributed by atoms with Gasteiger partial charge in [0.05, 0.1) is 17.1 Å². The van der Waals surface area contributed by atoms with Crippen molar-refractivity contribution < 1.29 is 34.2 Å². The number of carbonyl (C=O) groups excluding carboxylic acids is 2. The zero-order valence-electron chi connectivity index (χ0n) is 25.3. The molecule has 7 rings (SSSR count). The zero-order valence-corrected chi connectivity index (χ0v) is 26.1. The molecule has 0 spiro atoms. The average molecular weight is 648 g/mol. The molecular weight excluding hydrogens is 606 g/mol. The minimum atomic E-state index is -1.39. The van der Waals surface area contributed by atoms with Gasteiger partial charge in [-0.3, -0.25) is 19.7 Å². The first-order valence-corrected chi connectivity index (χ1v) is 16.5. The molecule has 0 bridgehead atoms. The minimum absolute atomic E-state index is 0. The molecule has 10 heteroatoms. The maximum absolute atomic E-state index is 13.7. The normalized spacial score (nSPS) is 37.3. The van der Waals surface area contributed by atoms with Gasteiger partial charge in [0, 0.05) is 45.1 Å². The summed E-state index contributed by atoms with van der Waals surface area (Å²) >= 11 is 1.56. The van der Waals surface area contributed by atoms with E-state index < -0.39 is 52.2 Å². The molecular formula is C36H41NO8S. The number of benzene rings is 2. The Hall–Kier alpha value is -3.15. The number of allylic oxidation sites excluding steroid dienone is 4. The third-order valence-corrected chi connectivity index (χ3v) is 12.6. The van der Waals surface area contributed by atoms with E-state index in [9.17, 15) is 29.9 Å². The van der Waals surface area contributed by atoms with Crippen LogP contribution in [0.5, 0.6) is 0 Å². The molecule has 2 aromatic carbocycles. The number of nitro benzene ring substituents is 1. The number of aliphatic hydroxyl groups excluding tert-OH is 2. The van der Waals surface area contributed by atoms with Crippen LogP contribution >= 0.6 is 11.8 Å². The number of ether oxygens (including phenoxy) is 2. The van der Waals surface area contributed by atoms with Gasteiger partial charge in [-0.2, -0.15) is 0 Å². The lowest BCUT2D eigenvalue weighted by atomic mass is 9.46. The molecule has 2 N–H and O–H groups in total. The van der Waals surface area contributed by atoms with Crippen LogP contribution in [-0.4, -0.2) is 51.1 Å². The summed E-state index contributed by atoms with van der Waals surface area (Å²) < 4.78 is 13.2.